The minimum Gasteiger partial charge on any atom is -0.497 e. The van der Waals surface area contributed by atoms with E-state index < -0.39 is 11.2 Å². The zero-order valence-electron chi connectivity index (χ0n) is 24.4. The third-order valence-corrected chi connectivity index (χ3v) is 7.98. The van der Waals surface area contributed by atoms with Gasteiger partial charge in [0.25, 0.3) is 0 Å². The van der Waals surface area contributed by atoms with Crippen molar-refractivity contribution < 1.29 is 14.2 Å². The van der Waals surface area contributed by atoms with Crippen LogP contribution in [0.3, 0.4) is 0 Å². The number of rotatable bonds is 10. The van der Waals surface area contributed by atoms with Crippen molar-refractivity contribution in [2.24, 2.45) is 0 Å². The van der Waals surface area contributed by atoms with Crippen LogP contribution in [-0.2, 0) is 15.9 Å². The second-order valence-corrected chi connectivity index (χ2v) is 10.4. The molecule has 0 atom stereocenters. The van der Waals surface area contributed by atoms with Gasteiger partial charge < -0.3 is 14.2 Å². The molecule has 0 radical (unpaired) electrons. The maximum absolute atomic E-state index is 8.03. The van der Waals surface area contributed by atoms with Gasteiger partial charge >= 0.3 is 0 Å². The highest BCUT2D eigenvalue weighted by Crippen LogP contribution is 2.51. The van der Waals surface area contributed by atoms with Crippen molar-refractivity contribution in [3.63, 3.8) is 0 Å². The lowest BCUT2D eigenvalue weighted by Gasteiger charge is -2.46. The fourth-order valence-corrected chi connectivity index (χ4v) is 5.96. The SMILES string of the molecule is COc1cccc(C(OC(c2ccccc2)(c2ccccc2)c2cccc(OC)c2)(c2ccccc2)c2ccccc2)c1. The molecule has 43 heavy (non-hydrogen) atoms. The molecule has 6 rings (SSSR count). The topological polar surface area (TPSA) is 27.7 Å². The number of methoxy groups -OCH3 is 2. The van der Waals surface area contributed by atoms with Crippen LogP contribution in [0.15, 0.2) is 170 Å². The Morgan fingerprint density at radius 3 is 0.884 bits per heavy atom. The van der Waals surface area contributed by atoms with Gasteiger partial charge in [-0.2, -0.15) is 0 Å². The normalized spacial score (nSPS) is 11.6. The van der Waals surface area contributed by atoms with E-state index in [2.05, 4.69) is 121 Å². The van der Waals surface area contributed by atoms with Crippen molar-refractivity contribution in [1.29, 1.82) is 0 Å². The van der Waals surface area contributed by atoms with Crippen molar-refractivity contribution in [2.45, 2.75) is 11.2 Å². The largest absolute Gasteiger partial charge is 0.497 e. The van der Waals surface area contributed by atoms with Crippen molar-refractivity contribution in [3.8, 4) is 11.5 Å². The second-order valence-electron chi connectivity index (χ2n) is 10.4. The molecule has 6 aromatic rings. The molecule has 0 saturated heterocycles. The molecule has 0 heterocycles. The molecule has 3 heteroatoms. The molecule has 0 saturated carbocycles. The summed E-state index contributed by atoms with van der Waals surface area (Å²) in [5.74, 6) is 1.51. The number of benzene rings is 6. The Bertz CT molecular complexity index is 1540. The number of ether oxygens (including phenoxy) is 3. The highest BCUT2D eigenvalue weighted by molar-refractivity contribution is 5.54. The van der Waals surface area contributed by atoms with Crippen LogP contribution in [0.25, 0.3) is 0 Å². The molecule has 0 aromatic heterocycles. The molecule has 3 nitrogen and oxygen atoms in total. The van der Waals surface area contributed by atoms with Crippen LogP contribution in [-0.4, -0.2) is 14.2 Å². The lowest BCUT2D eigenvalue weighted by Crippen LogP contribution is -2.44. The minimum absolute atomic E-state index is 0.753. The van der Waals surface area contributed by atoms with E-state index in [-0.39, 0.29) is 0 Å². The zero-order chi connectivity index (χ0) is 29.5. The smallest absolute Gasteiger partial charge is 0.146 e. The van der Waals surface area contributed by atoms with Gasteiger partial charge in [-0.25, -0.2) is 0 Å². The van der Waals surface area contributed by atoms with E-state index in [1.165, 1.54) is 0 Å². The molecule has 0 aliphatic heterocycles. The monoisotopic (exact) mass is 562 g/mol. The van der Waals surface area contributed by atoms with Crippen LogP contribution in [0.4, 0.5) is 0 Å². The molecule has 0 amide bonds. The molecule has 212 valence electrons. The summed E-state index contributed by atoms with van der Waals surface area (Å²) in [5, 5.41) is 0. The summed E-state index contributed by atoms with van der Waals surface area (Å²) < 4.78 is 19.6. The summed E-state index contributed by atoms with van der Waals surface area (Å²) in [6, 6.07) is 58.1. The summed E-state index contributed by atoms with van der Waals surface area (Å²) in [7, 11) is 3.39. The Labute approximate surface area is 254 Å². The number of hydrogen-bond donors (Lipinski definition) is 0. The molecule has 0 bridgehead atoms. The molecular weight excluding hydrogens is 528 g/mol. The highest BCUT2D eigenvalue weighted by Gasteiger charge is 2.49. The molecule has 0 aliphatic carbocycles. The fourth-order valence-electron chi connectivity index (χ4n) is 5.96. The van der Waals surface area contributed by atoms with Crippen molar-refractivity contribution in [1.82, 2.24) is 0 Å². The lowest BCUT2D eigenvalue weighted by atomic mass is 9.75. The first-order valence-electron chi connectivity index (χ1n) is 14.4. The molecule has 6 aromatic carbocycles. The van der Waals surface area contributed by atoms with E-state index in [0.29, 0.717) is 0 Å². The van der Waals surface area contributed by atoms with Gasteiger partial charge in [-0.05, 0) is 57.6 Å². The van der Waals surface area contributed by atoms with E-state index in [0.717, 1.165) is 44.9 Å². The molecule has 0 N–H and O–H groups in total. The Morgan fingerprint density at radius 2 is 0.605 bits per heavy atom. The summed E-state index contributed by atoms with van der Waals surface area (Å²) in [4.78, 5) is 0. The summed E-state index contributed by atoms with van der Waals surface area (Å²) in [5.41, 5.74) is 3.74. The Hall–Kier alpha value is -5.12. The standard InChI is InChI=1S/C40H34O3/c1-41-37-27-15-25-35(29-37)39(31-17-7-3-8-18-31,32-19-9-4-10-20-32)43-40(33-21-11-5-12-22-33,34-23-13-6-14-24-34)36-26-16-28-38(30-36)42-2/h3-30H,1-2H3. The van der Waals surface area contributed by atoms with Crippen LogP contribution >= 0.6 is 0 Å². The molecule has 0 fully saturated rings. The van der Waals surface area contributed by atoms with Gasteiger partial charge in [0.2, 0.25) is 0 Å². The van der Waals surface area contributed by atoms with Gasteiger partial charge in [0, 0.05) is 0 Å². The lowest BCUT2D eigenvalue weighted by molar-refractivity contribution is -0.0811. The minimum atomic E-state index is -1.06. The third kappa shape index (κ3) is 5.20. The Kier molecular flexibility index (Phi) is 8.08. The van der Waals surface area contributed by atoms with Crippen molar-refractivity contribution >= 4 is 0 Å². The second kappa shape index (κ2) is 12.4. The quantitative estimate of drug-likeness (QED) is 0.156. The van der Waals surface area contributed by atoms with E-state index >= 15 is 0 Å². The Morgan fingerprint density at radius 1 is 0.326 bits per heavy atom. The average molecular weight is 563 g/mol. The maximum Gasteiger partial charge on any atom is 0.146 e. The van der Waals surface area contributed by atoms with Gasteiger partial charge in [-0.1, -0.05) is 146 Å². The number of hydrogen-bond acceptors (Lipinski definition) is 3. The molecule has 0 unspecified atom stereocenters. The predicted molar refractivity (Wildman–Crippen MR) is 173 cm³/mol. The first-order valence-corrected chi connectivity index (χ1v) is 14.4. The van der Waals surface area contributed by atoms with Crippen LogP contribution in [0, 0.1) is 0 Å². The van der Waals surface area contributed by atoms with Crippen LogP contribution in [0.1, 0.15) is 33.4 Å². The van der Waals surface area contributed by atoms with Crippen molar-refractivity contribution in [3.05, 3.63) is 203 Å². The van der Waals surface area contributed by atoms with Gasteiger partial charge in [-0.3, -0.25) is 0 Å². The van der Waals surface area contributed by atoms with E-state index in [4.69, 9.17) is 14.2 Å². The first kappa shape index (κ1) is 28.0. The highest BCUT2D eigenvalue weighted by atomic mass is 16.5. The van der Waals surface area contributed by atoms with E-state index in [1.807, 2.05) is 48.5 Å². The van der Waals surface area contributed by atoms with Crippen LogP contribution in [0.5, 0.6) is 11.5 Å². The average Bonchev–Trinajstić information content (AvgIpc) is 3.10. The summed E-state index contributed by atoms with van der Waals surface area (Å²) in [6.45, 7) is 0. The zero-order valence-corrected chi connectivity index (χ0v) is 24.4. The van der Waals surface area contributed by atoms with Gasteiger partial charge in [0.15, 0.2) is 0 Å². The summed E-state index contributed by atoms with van der Waals surface area (Å²) in [6.07, 6.45) is 0. The summed E-state index contributed by atoms with van der Waals surface area (Å²) >= 11 is 0. The third-order valence-electron chi connectivity index (χ3n) is 7.98. The molecule has 0 spiro atoms. The van der Waals surface area contributed by atoms with Gasteiger partial charge in [0.05, 0.1) is 14.2 Å². The maximum atomic E-state index is 8.03. The van der Waals surface area contributed by atoms with Crippen molar-refractivity contribution in [2.75, 3.05) is 14.2 Å². The molecular formula is C40H34O3. The first-order chi connectivity index (χ1) is 21.2. The Balaban J connectivity index is 1.78. The molecule has 0 aliphatic rings. The van der Waals surface area contributed by atoms with E-state index in [9.17, 15) is 0 Å². The van der Waals surface area contributed by atoms with E-state index in [1.54, 1.807) is 14.2 Å². The van der Waals surface area contributed by atoms with Gasteiger partial charge in [0.1, 0.15) is 22.7 Å². The fraction of sp³-hybridized carbons (Fsp3) is 0.100. The van der Waals surface area contributed by atoms with Gasteiger partial charge in [-0.15, -0.1) is 0 Å². The van der Waals surface area contributed by atoms with Crippen LogP contribution in [0.2, 0.25) is 0 Å². The predicted octanol–water partition coefficient (Wildman–Crippen LogP) is 9.00. The van der Waals surface area contributed by atoms with Crippen LogP contribution < -0.4 is 9.47 Å².